The van der Waals surface area contributed by atoms with E-state index in [1.54, 1.807) is 12.1 Å². The molecule has 1 N–H and O–H groups in total. The van der Waals surface area contributed by atoms with E-state index in [1.165, 1.54) is 7.11 Å². The second-order valence-electron chi connectivity index (χ2n) is 2.86. The van der Waals surface area contributed by atoms with E-state index in [0.717, 1.165) is 5.56 Å². The van der Waals surface area contributed by atoms with Gasteiger partial charge in [0.1, 0.15) is 0 Å². The Labute approximate surface area is 105 Å². The van der Waals surface area contributed by atoms with E-state index in [4.69, 9.17) is 33.3 Å². The van der Waals surface area contributed by atoms with Crippen LogP contribution in [0, 0.1) is 5.41 Å². The number of methoxy groups -OCH3 is 1. The molecule has 0 aliphatic rings. The van der Waals surface area contributed by atoms with Crippen LogP contribution >= 0.6 is 35.6 Å². The average molecular weight is 269 g/mol. The minimum atomic E-state index is 0. The van der Waals surface area contributed by atoms with Crippen LogP contribution in [0.1, 0.15) is 12.0 Å². The summed E-state index contributed by atoms with van der Waals surface area (Å²) in [6.45, 7) is 0. The lowest BCUT2D eigenvalue weighted by atomic mass is 10.1. The molecule has 1 rings (SSSR count). The van der Waals surface area contributed by atoms with Gasteiger partial charge in [0.15, 0.2) is 5.90 Å². The van der Waals surface area contributed by atoms with Crippen LogP contribution in [0.5, 0.6) is 0 Å². The van der Waals surface area contributed by atoms with E-state index in [1.807, 2.05) is 6.07 Å². The highest BCUT2D eigenvalue weighted by Gasteiger charge is 2.03. The Hall–Kier alpha value is -0.440. The van der Waals surface area contributed by atoms with Gasteiger partial charge in [0, 0.05) is 16.5 Å². The van der Waals surface area contributed by atoms with Crippen molar-refractivity contribution >= 4 is 41.5 Å². The van der Waals surface area contributed by atoms with Crippen molar-refractivity contribution in [1.29, 1.82) is 5.41 Å². The molecule has 0 radical (unpaired) electrons. The van der Waals surface area contributed by atoms with E-state index >= 15 is 0 Å². The Balaban J connectivity index is 0.00000196. The summed E-state index contributed by atoms with van der Waals surface area (Å²) < 4.78 is 4.75. The fourth-order valence-corrected chi connectivity index (χ4v) is 1.58. The number of ether oxygens (including phenoxy) is 1. The van der Waals surface area contributed by atoms with Crippen LogP contribution in [-0.4, -0.2) is 13.0 Å². The lowest BCUT2D eigenvalue weighted by Crippen LogP contribution is -2.01. The fraction of sp³-hybridized carbons (Fsp3) is 0.300. The number of halogens is 3. The molecule has 2 nitrogen and oxygen atoms in total. The van der Waals surface area contributed by atoms with Crippen LogP contribution in [0.3, 0.4) is 0 Å². The van der Waals surface area contributed by atoms with Gasteiger partial charge in [0.25, 0.3) is 0 Å². The lowest BCUT2D eigenvalue weighted by molar-refractivity contribution is 0.386. The monoisotopic (exact) mass is 267 g/mol. The van der Waals surface area contributed by atoms with Gasteiger partial charge >= 0.3 is 0 Å². The first-order valence-corrected chi connectivity index (χ1v) is 4.94. The Bertz CT molecular complexity index is 341. The summed E-state index contributed by atoms with van der Waals surface area (Å²) in [5, 5.41) is 8.57. The zero-order valence-electron chi connectivity index (χ0n) is 8.22. The molecule has 0 aliphatic heterocycles. The van der Waals surface area contributed by atoms with Gasteiger partial charge in [-0.3, -0.25) is 5.41 Å². The van der Waals surface area contributed by atoms with Crippen molar-refractivity contribution in [3.8, 4) is 0 Å². The van der Waals surface area contributed by atoms with Crippen molar-refractivity contribution in [2.45, 2.75) is 12.8 Å². The standard InChI is InChI=1S/C10H11Cl2NO.ClH/c1-14-10(13)5-3-7-2-4-8(11)6-9(7)12;/h2,4,6,13H,3,5H2,1H3;1H. The highest BCUT2D eigenvalue weighted by Crippen LogP contribution is 2.22. The zero-order chi connectivity index (χ0) is 10.6. The van der Waals surface area contributed by atoms with Crippen LogP contribution in [0.2, 0.25) is 10.0 Å². The summed E-state index contributed by atoms with van der Waals surface area (Å²) in [6.07, 6.45) is 1.25. The largest absolute Gasteiger partial charge is 0.484 e. The third-order valence-corrected chi connectivity index (χ3v) is 2.47. The number of hydrogen-bond donors (Lipinski definition) is 1. The molecule has 1 aromatic rings. The molecule has 1 aromatic carbocycles. The van der Waals surface area contributed by atoms with Crippen molar-refractivity contribution in [3.05, 3.63) is 33.8 Å². The lowest BCUT2D eigenvalue weighted by Gasteiger charge is -2.04. The average Bonchev–Trinajstić information content (AvgIpc) is 2.16. The number of benzene rings is 1. The van der Waals surface area contributed by atoms with Gasteiger partial charge in [-0.25, -0.2) is 0 Å². The van der Waals surface area contributed by atoms with Gasteiger partial charge in [-0.2, -0.15) is 0 Å². The maximum atomic E-state index is 7.31. The molecule has 15 heavy (non-hydrogen) atoms. The molecule has 0 aliphatic carbocycles. The summed E-state index contributed by atoms with van der Waals surface area (Å²) in [7, 11) is 1.49. The summed E-state index contributed by atoms with van der Waals surface area (Å²) >= 11 is 11.7. The number of hydrogen-bond acceptors (Lipinski definition) is 2. The van der Waals surface area contributed by atoms with E-state index in [0.29, 0.717) is 22.9 Å². The van der Waals surface area contributed by atoms with Gasteiger partial charge in [-0.05, 0) is 24.1 Å². The van der Waals surface area contributed by atoms with Crippen LogP contribution in [-0.2, 0) is 11.2 Å². The van der Waals surface area contributed by atoms with Gasteiger partial charge in [0.05, 0.1) is 7.11 Å². The second-order valence-corrected chi connectivity index (χ2v) is 3.71. The number of rotatable bonds is 3. The first kappa shape index (κ1) is 14.6. The Morgan fingerprint density at radius 3 is 2.60 bits per heavy atom. The molecule has 5 heteroatoms. The first-order valence-electron chi connectivity index (χ1n) is 4.19. The summed E-state index contributed by atoms with van der Waals surface area (Å²) in [4.78, 5) is 0. The van der Waals surface area contributed by atoms with Gasteiger partial charge < -0.3 is 4.74 Å². The minimum Gasteiger partial charge on any atom is -0.484 e. The molecule has 0 bridgehead atoms. The van der Waals surface area contributed by atoms with Crippen molar-refractivity contribution in [2.75, 3.05) is 7.11 Å². The molecule has 84 valence electrons. The maximum Gasteiger partial charge on any atom is 0.180 e. The second kappa shape index (κ2) is 6.94. The minimum absolute atomic E-state index is 0. The smallest absolute Gasteiger partial charge is 0.180 e. The fourth-order valence-electron chi connectivity index (χ4n) is 1.07. The molecule has 0 saturated carbocycles. The SMILES string of the molecule is COC(=N)CCc1ccc(Cl)cc1Cl.Cl. The highest BCUT2D eigenvalue weighted by atomic mass is 35.5. The van der Waals surface area contributed by atoms with Crippen molar-refractivity contribution in [1.82, 2.24) is 0 Å². The van der Waals surface area contributed by atoms with Gasteiger partial charge in [0.2, 0.25) is 0 Å². The Morgan fingerprint density at radius 1 is 1.40 bits per heavy atom. The molecule has 0 spiro atoms. The number of nitrogens with one attached hydrogen (secondary N) is 1. The predicted octanol–water partition coefficient (Wildman–Crippen LogP) is 3.97. The van der Waals surface area contributed by atoms with Gasteiger partial charge in [-0.15, -0.1) is 12.4 Å². The van der Waals surface area contributed by atoms with Crippen molar-refractivity contribution < 1.29 is 4.74 Å². The number of aryl methyl sites for hydroxylation is 1. The molecular formula is C10H12Cl3NO. The van der Waals surface area contributed by atoms with E-state index < -0.39 is 0 Å². The van der Waals surface area contributed by atoms with E-state index in [9.17, 15) is 0 Å². The van der Waals surface area contributed by atoms with Crippen molar-refractivity contribution in [2.24, 2.45) is 0 Å². The summed E-state index contributed by atoms with van der Waals surface area (Å²) in [5.74, 6) is 0.260. The Kier molecular flexibility index (Phi) is 6.73. The third-order valence-electron chi connectivity index (χ3n) is 1.88. The summed E-state index contributed by atoms with van der Waals surface area (Å²) in [5.41, 5.74) is 0.984. The van der Waals surface area contributed by atoms with Crippen LogP contribution in [0.4, 0.5) is 0 Å². The molecule has 0 atom stereocenters. The molecule has 0 heterocycles. The highest BCUT2D eigenvalue weighted by molar-refractivity contribution is 6.35. The quantitative estimate of drug-likeness (QED) is 0.653. The molecule has 0 amide bonds. The van der Waals surface area contributed by atoms with Crippen molar-refractivity contribution in [3.63, 3.8) is 0 Å². The molecule has 0 aromatic heterocycles. The topological polar surface area (TPSA) is 33.1 Å². The van der Waals surface area contributed by atoms with Crippen LogP contribution in [0.25, 0.3) is 0 Å². The van der Waals surface area contributed by atoms with Crippen LogP contribution < -0.4 is 0 Å². The van der Waals surface area contributed by atoms with Gasteiger partial charge in [-0.1, -0.05) is 29.3 Å². The molecule has 0 unspecified atom stereocenters. The normalized spacial score (nSPS) is 9.27. The first-order chi connectivity index (χ1) is 6.63. The molecule has 0 saturated heterocycles. The zero-order valence-corrected chi connectivity index (χ0v) is 10.5. The van der Waals surface area contributed by atoms with Crippen LogP contribution in [0.15, 0.2) is 18.2 Å². The predicted molar refractivity (Wildman–Crippen MR) is 66.8 cm³/mol. The Morgan fingerprint density at radius 2 is 2.07 bits per heavy atom. The summed E-state index contributed by atoms with van der Waals surface area (Å²) in [6, 6.07) is 5.36. The molecule has 0 fully saturated rings. The maximum absolute atomic E-state index is 7.31. The third kappa shape index (κ3) is 4.74. The van der Waals surface area contributed by atoms with E-state index in [2.05, 4.69) is 0 Å². The van der Waals surface area contributed by atoms with E-state index in [-0.39, 0.29) is 18.3 Å². The molecular weight excluding hydrogens is 256 g/mol.